The lowest BCUT2D eigenvalue weighted by atomic mass is 10.1. The molecule has 0 saturated carbocycles. The normalized spacial score (nSPS) is 19.4. The number of benzene rings is 2. The number of nitrogens with two attached hydrogens (primary N) is 1. The number of aromatic nitrogens is 3. The molecule has 6 rings (SSSR count). The Bertz CT molecular complexity index is 1710. The fourth-order valence-electron chi connectivity index (χ4n) is 6.45. The van der Waals surface area contributed by atoms with Gasteiger partial charge in [-0.1, -0.05) is 5.21 Å². The fourth-order valence-corrected chi connectivity index (χ4v) is 6.45. The third kappa shape index (κ3) is 7.80. The number of hydrogen-bond acceptors (Lipinski definition) is 11. The molecule has 3 saturated heterocycles. The van der Waals surface area contributed by atoms with Gasteiger partial charge in [0.25, 0.3) is 11.5 Å². The summed E-state index contributed by atoms with van der Waals surface area (Å²) in [6.07, 6.45) is 2.95. The van der Waals surface area contributed by atoms with E-state index in [2.05, 4.69) is 30.7 Å². The molecule has 2 aromatic carbocycles. The molecule has 254 valence electrons. The van der Waals surface area contributed by atoms with Crippen LogP contribution in [0.1, 0.15) is 48.5 Å². The van der Waals surface area contributed by atoms with Gasteiger partial charge in [-0.3, -0.25) is 34.2 Å². The number of nitrogens with zero attached hydrogens (tertiary/aromatic N) is 6. The number of piperazine rings is 1. The molecule has 4 heterocycles. The third-order valence-corrected chi connectivity index (χ3v) is 9.29. The first kappa shape index (κ1) is 33.0. The molecule has 0 aliphatic carbocycles. The summed E-state index contributed by atoms with van der Waals surface area (Å²) in [6.45, 7) is 6.78. The van der Waals surface area contributed by atoms with Crippen LogP contribution in [0, 0.1) is 0 Å². The van der Waals surface area contributed by atoms with Gasteiger partial charge in [0.15, 0.2) is 0 Å². The number of anilines is 2. The van der Waals surface area contributed by atoms with E-state index in [-0.39, 0.29) is 42.7 Å². The van der Waals surface area contributed by atoms with Crippen molar-refractivity contribution >= 4 is 45.9 Å². The maximum Gasteiger partial charge on any atom is 0.278 e. The Labute approximate surface area is 277 Å². The van der Waals surface area contributed by atoms with Crippen LogP contribution in [0.3, 0.4) is 0 Å². The molecule has 3 aliphatic rings. The number of fused-ring (bicyclic) bond motifs is 1. The van der Waals surface area contributed by atoms with Crippen LogP contribution in [0.4, 0.5) is 11.4 Å². The van der Waals surface area contributed by atoms with Gasteiger partial charge < -0.3 is 25.6 Å². The lowest BCUT2D eigenvalue weighted by Crippen LogP contribution is -2.47. The number of amides is 4. The minimum atomic E-state index is -0.902. The summed E-state index contributed by atoms with van der Waals surface area (Å²) in [4.78, 5) is 67.8. The fraction of sp³-hybridized carbons (Fsp3) is 0.485. The van der Waals surface area contributed by atoms with Crippen LogP contribution in [-0.4, -0.2) is 113 Å². The molecule has 1 unspecified atom stereocenters. The second kappa shape index (κ2) is 14.9. The Balaban J connectivity index is 0.890. The molecule has 15 nitrogen and oxygen atoms in total. The predicted octanol–water partition coefficient (Wildman–Crippen LogP) is 0.500. The minimum absolute atomic E-state index is 0.0368. The van der Waals surface area contributed by atoms with Gasteiger partial charge >= 0.3 is 0 Å². The van der Waals surface area contributed by atoms with E-state index in [0.717, 1.165) is 62.4 Å². The number of hydrogen-bond donors (Lipinski definition) is 3. The van der Waals surface area contributed by atoms with Gasteiger partial charge in [0, 0.05) is 75.8 Å². The summed E-state index contributed by atoms with van der Waals surface area (Å²) >= 11 is 0. The summed E-state index contributed by atoms with van der Waals surface area (Å²) in [6, 6.07) is 11.5. The van der Waals surface area contributed by atoms with Crippen molar-refractivity contribution in [2.75, 3.05) is 69.2 Å². The zero-order chi connectivity index (χ0) is 33.6. The van der Waals surface area contributed by atoms with Crippen molar-refractivity contribution in [2.24, 2.45) is 5.73 Å². The number of piperidine rings is 2. The second-order valence-corrected chi connectivity index (χ2v) is 12.4. The Morgan fingerprint density at radius 3 is 2.42 bits per heavy atom. The Morgan fingerprint density at radius 1 is 0.958 bits per heavy atom. The van der Waals surface area contributed by atoms with Gasteiger partial charge in [0.05, 0.1) is 18.0 Å². The first-order valence-corrected chi connectivity index (χ1v) is 16.5. The summed E-state index contributed by atoms with van der Waals surface area (Å²) in [5.74, 6) is -1.40. The van der Waals surface area contributed by atoms with Crippen LogP contribution in [0.25, 0.3) is 10.9 Å². The largest absolute Gasteiger partial charge is 0.378 e. The molecule has 0 spiro atoms. The molecule has 4 N–H and O–H groups in total. The Kier molecular flexibility index (Phi) is 10.3. The van der Waals surface area contributed by atoms with E-state index in [4.69, 9.17) is 10.5 Å². The maximum atomic E-state index is 13.1. The lowest BCUT2D eigenvalue weighted by Gasteiger charge is -2.36. The Hall–Kier alpha value is -4.89. The van der Waals surface area contributed by atoms with Crippen LogP contribution >= 0.6 is 0 Å². The molecule has 1 aromatic heterocycles. The molecule has 3 fully saturated rings. The van der Waals surface area contributed by atoms with Gasteiger partial charge in [-0.15, -0.1) is 5.10 Å². The van der Waals surface area contributed by atoms with Crippen LogP contribution in [0.5, 0.6) is 0 Å². The van der Waals surface area contributed by atoms with Gasteiger partial charge in [-0.25, -0.2) is 0 Å². The number of primary amides is 1. The molecule has 3 aliphatic heterocycles. The van der Waals surface area contributed by atoms with Crippen molar-refractivity contribution in [3.63, 3.8) is 0 Å². The highest BCUT2D eigenvalue weighted by Crippen LogP contribution is 2.20. The zero-order valence-corrected chi connectivity index (χ0v) is 26.8. The number of carbonyl (C=O) groups is 4. The van der Waals surface area contributed by atoms with E-state index in [1.807, 2.05) is 17.0 Å². The number of ether oxygens (including phenoxy) is 1. The molecular weight excluding hydrogens is 618 g/mol. The maximum absolute atomic E-state index is 13.1. The quantitative estimate of drug-likeness (QED) is 0.192. The molecule has 3 aromatic rings. The van der Waals surface area contributed by atoms with Gasteiger partial charge in [0.2, 0.25) is 17.7 Å². The standard InChI is InChI=1S/C33H41N9O6/c34-31(45)22-2-5-24(6-3-22)40-17-15-39(16-18-40)12-1-19-48-25-10-13-41(14-11-25)30(44)21-35-23-4-7-27-26(20-23)33(47)42(38-37-27)28-8-9-29(43)36-32(28)46/h2-7,20,25,28,35H,1,8-19,21H2,(H2,34,45)(H,36,43,46). The Morgan fingerprint density at radius 2 is 1.71 bits per heavy atom. The van der Waals surface area contributed by atoms with Crippen LogP contribution in [0.15, 0.2) is 47.3 Å². The van der Waals surface area contributed by atoms with Crippen molar-refractivity contribution in [3.05, 3.63) is 58.4 Å². The van der Waals surface area contributed by atoms with E-state index in [0.29, 0.717) is 36.5 Å². The van der Waals surface area contributed by atoms with E-state index >= 15 is 0 Å². The van der Waals surface area contributed by atoms with Crippen molar-refractivity contribution < 1.29 is 23.9 Å². The molecule has 4 amide bonds. The minimum Gasteiger partial charge on any atom is -0.378 e. The van der Waals surface area contributed by atoms with Crippen LogP contribution in [0.2, 0.25) is 0 Å². The van der Waals surface area contributed by atoms with Crippen molar-refractivity contribution in [1.82, 2.24) is 30.1 Å². The van der Waals surface area contributed by atoms with Crippen LogP contribution in [-0.2, 0) is 19.1 Å². The SMILES string of the molecule is NC(=O)c1ccc(N2CCN(CCCOC3CCN(C(=O)CNc4ccc5nnn(C6CCC(=O)NC6=O)c(=O)c5c4)CC3)CC2)cc1. The molecule has 48 heavy (non-hydrogen) atoms. The second-order valence-electron chi connectivity index (χ2n) is 12.4. The van der Waals surface area contributed by atoms with Crippen molar-refractivity contribution in [2.45, 2.75) is 44.2 Å². The zero-order valence-electron chi connectivity index (χ0n) is 26.8. The van der Waals surface area contributed by atoms with Gasteiger partial charge in [-0.2, -0.15) is 4.68 Å². The lowest BCUT2D eigenvalue weighted by molar-refractivity contribution is -0.136. The smallest absolute Gasteiger partial charge is 0.278 e. The predicted molar refractivity (Wildman–Crippen MR) is 177 cm³/mol. The topological polar surface area (TPSA) is 185 Å². The number of carbonyl (C=O) groups excluding carboxylic acids is 4. The summed E-state index contributed by atoms with van der Waals surface area (Å²) in [5.41, 5.74) is 7.43. The highest BCUT2D eigenvalue weighted by atomic mass is 16.5. The van der Waals surface area contributed by atoms with E-state index in [9.17, 15) is 24.0 Å². The molecule has 0 bridgehead atoms. The average Bonchev–Trinajstić information content (AvgIpc) is 3.10. The van der Waals surface area contributed by atoms with E-state index < -0.39 is 23.4 Å². The first-order valence-electron chi connectivity index (χ1n) is 16.5. The molecule has 15 heteroatoms. The molecular formula is C33H41N9O6. The van der Waals surface area contributed by atoms with E-state index in [1.165, 1.54) is 0 Å². The summed E-state index contributed by atoms with van der Waals surface area (Å²) in [7, 11) is 0. The summed E-state index contributed by atoms with van der Waals surface area (Å²) in [5, 5.41) is 13.6. The van der Waals surface area contributed by atoms with Gasteiger partial charge in [-0.05, 0) is 68.1 Å². The third-order valence-electron chi connectivity index (χ3n) is 9.29. The first-order chi connectivity index (χ1) is 23.2. The average molecular weight is 660 g/mol. The van der Waals surface area contributed by atoms with Crippen LogP contribution < -0.4 is 26.8 Å². The number of imide groups is 1. The van der Waals surface area contributed by atoms with Gasteiger partial charge in [0.1, 0.15) is 11.6 Å². The molecule has 0 radical (unpaired) electrons. The highest BCUT2D eigenvalue weighted by Gasteiger charge is 2.30. The van der Waals surface area contributed by atoms with Crippen molar-refractivity contribution in [3.8, 4) is 0 Å². The highest BCUT2D eigenvalue weighted by molar-refractivity contribution is 5.99. The number of likely N-dealkylation sites (tertiary alicyclic amines) is 1. The monoisotopic (exact) mass is 659 g/mol. The number of nitrogens with one attached hydrogen (secondary N) is 2. The number of rotatable bonds is 11. The van der Waals surface area contributed by atoms with Crippen molar-refractivity contribution in [1.29, 1.82) is 0 Å². The van der Waals surface area contributed by atoms with E-state index in [1.54, 1.807) is 30.3 Å². The molecule has 1 atom stereocenters. The summed E-state index contributed by atoms with van der Waals surface area (Å²) < 4.78 is 7.17.